The van der Waals surface area contributed by atoms with Crippen molar-refractivity contribution in [3.05, 3.63) is 42.5 Å². The predicted octanol–water partition coefficient (Wildman–Crippen LogP) is 1.16. The maximum absolute atomic E-state index is 11.1. The van der Waals surface area contributed by atoms with Crippen molar-refractivity contribution in [3.8, 4) is 18.1 Å². The van der Waals surface area contributed by atoms with Crippen LogP contribution in [0.3, 0.4) is 0 Å². The van der Waals surface area contributed by atoms with Gasteiger partial charge in [-0.3, -0.25) is 0 Å². The van der Waals surface area contributed by atoms with Crippen molar-refractivity contribution >= 4 is 5.97 Å². The lowest BCUT2D eigenvalue weighted by molar-refractivity contribution is -0.141. The highest BCUT2D eigenvalue weighted by Crippen LogP contribution is 2.08. The van der Waals surface area contributed by atoms with Crippen LogP contribution in [0.4, 0.5) is 0 Å². The van der Waals surface area contributed by atoms with E-state index in [4.69, 9.17) is 15.9 Å². The molecule has 0 spiro atoms. The number of para-hydroxylation sites is 1. The van der Waals surface area contributed by atoms with Gasteiger partial charge in [-0.2, -0.15) is 0 Å². The van der Waals surface area contributed by atoms with E-state index in [1.54, 1.807) is 12.1 Å². The first-order valence-corrected chi connectivity index (χ1v) is 5.32. The topological polar surface area (TPSA) is 55.8 Å². The number of rotatable bonds is 6. The fourth-order valence-corrected chi connectivity index (χ4v) is 1.08. The first-order chi connectivity index (χ1) is 8.63. The van der Waals surface area contributed by atoms with E-state index in [-0.39, 0.29) is 18.8 Å². The molecule has 0 aliphatic heterocycles. The van der Waals surface area contributed by atoms with E-state index in [0.29, 0.717) is 5.75 Å². The van der Waals surface area contributed by atoms with Crippen molar-refractivity contribution in [2.24, 2.45) is 0 Å². The van der Waals surface area contributed by atoms with Crippen LogP contribution < -0.4 is 4.74 Å². The highest BCUT2D eigenvalue weighted by molar-refractivity contribution is 5.92. The van der Waals surface area contributed by atoms with Crippen LogP contribution in [0.1, 0.15) is 0 Å². The summed E-state index contributed by atoms with van der Waals surface area (Å²) >= 11 is 0. The van der Waals surface area contributed by atoms with Gasteiger partial charge in [0, 0.05) is 0 Å². The van der Waals surface area contributed by atoms with Crippen LogP contribution in [0, 0.1) is 12.3 Å². The van der Waals surface area contributed by atoms with Gasteiger partial charge in [0.25, 0.3) is 0 Å². The zero-order chi connectivity index (χ0) is 13.4. The SMILES string of the molecule is C#CC(=C)C(=O)OCC(O)COc1ccccc1. The molecule has 1 aromatic carbocycles. The summed E-state index contributed by atoms with van der Waals surface area (Å²) < 4.78 is 10.0. The predicted molar refractivity (Wildman–Crippen MR) is 66.9 cm³/mol. The number of hydrogen-bond acceptors (Lipinski definition) is 4. The Morgan fingerprint density at radius 2 is 2.06 bits per heavy atom. The van der Waals surface area contributed by atoms with Crippen LogP contribution in [-0.2, 0) is 9.53 Å². The highest BCUT2D eigenvalue weighted by atomic mass is 16.5. The fraction of sp³-hybridized carbons (Fsp3) is 0.214. The van der Waals surface area contributed by atoms with Crippen LogP contribution in [0.5, 0.6) is 5.75 Å². The maximum atomic E-state index is 11.1. The van der Waals surface area contributed by atoms with Crippen LogP contribution in [-0.4, -0.2) is 30.4 Å². The van der Waals surface area contributed by atoms with Gasteiger partial charge in [0.2, 0.25) is 0 Å². The maximum Gasteiger partial charge on any atom is 0.346 e. The molecule has 1 N–H and O–H groups in total. The Morgan fingerprint density at radius 1 is 1.39 bits per heavy atom. The average molecular weight is 246 g/mol. The van der Waals surface area contributed by atoms with Gasteiger partial charge in [-0.15, -0.1) is 6.42 Å². The molecule has 0 radical (unpaired) electrons. The summed E-state index contributed by atoms with van der Waals surface area (Å²) in [6.45, 7) is 3.16. The Balaban J connectivity index is 2.26. The van der Waals surface area contributed by atoms with Crippen LogP contribution in [0.2, 0.25) is 0 Å². The monoisotopic (exact) mass is 246 g/mol. The van der Waals surface area contributed by atoms with E-state index < -0.39 is 12.1 Å². The summed E-state index contributed by atoms with van der Waals surface area (Å²) in [5, 5.41) is 9.53. The van der Waals surface area contributed by atoms with E-state index in [9.17, 15) is 9.90 Å². The number of hydrogen-bond donors (Lipinski definition) is 1. The summed E-state index contributed by atoms with van der Waals surface area (Å²) in [6.07, 6.45) is 4.06. The average Bonchev–Trinajstić information content (AvgIpc) is 2.42. The number of carbonyl (C=O) groups excluding carboxylic acids is 1. The summed E-state index contributed by atoms with van der Waals surface area (Å²) in [5.41, 5.74) is -0.0776. The standard InChI is InChI=1S/C14H14O4/c1-3-11(2)14(16)18-10-12(15)9-17-13-7-5-4-6-8-13/h1,4-8,12,15H,2,9-10H2. The van der Waals surface area contributed by atoms with Crippen molar-refractivity contribution in [2.75, 3.05) is 13.2 Å². The molecule has 0 heterocycles. The van der Waals surface area contributed by atoms with Gasteiger partial charge in [0.1, 0.15) is 30.6 Å². The Kier molecular flexibility index (Phi) is 5.49. The molecule has 0 bridgehead atoms. The highest BCUT2D eigenvalue weighted by Gasteiger charge is 2.11. The van der Waals surface area contributed by atoms with Crippen LogP contribution in [0.25, 0.3) is 0 Å². The second-order valence-electron chi connectivity index (χ2n) is 3.50. The Labute approximate surface area is 106 Å². The number of aliphatic hydroxyl groups is 1. The molecule has 4 heteroatoms. The van der Waals surface area contributed by atoms with E-state index in [1.807, 2.05) is 18.2 Å². The molecule has 0 saturated carbocycles. The van der Waals surface area contributed by atoms with Gasteiger partial charge in [-0.25, -0.2) is 4.79 Å². The van der Waals surface area contributed by atoms with Crippen molar-refractivity contribution in [1.82, 2.24) is 0 Å². The smallest absolute Gasteiger partial charge is 0.346 e. The second-order valence-corrected chi connectivity index (χ2v) is 3.50. The molecular weight excluding hydrogens is 232 g/mol. The largest absolute Gasteiger partial charge is 0.491 e. The minimum absolute atomic E-state index is 0.0276. The number of carbonyl (C=O) groups is 1. The number of esters is 1. The summed E-state index contributed by atoms with van der Waals surface area (Å²) in [6, 6.07) is 9.02. The van der Waals surface area contributed by atoms with E-state index >= 15 is 0 Å². The minimum atomic E-state index is -0.917. The quantitative estimate of drug-likeness (QED) is 0.465. The molecular formula is C14H14O4. The zero-order valence-corrected chi connectivity index (χ0v) is 9.83. The molecule has 94 valence electrons. The Morgan fingerprint density at radius 3 is 2.67 bits per heavy atom. The van der Waals surface area contributed by atoms with Crippen molar-refractivity contribution < 1.29 is 19.4 Å². The molecule has 4 nitrogen and oxygen atoms in total. The van der Waals surface area contributed by atoms with Gasteiger partial charge in [0.05, 0.1) is 0 Å². The van der Waals surface area contributed by atoms with E-state index in [0.717, 1.165) is 0 Å². The fourth-order valence-electron chi connectivity index (χ4n) is 1.08. The second kappa shape index (κ2) is 7.15. The lowest BCUT2D eigenvalue weighted by Crippen LogP contribution is -2.25. The van der Waals surface area contributed by atoms with Crippen molar-refractivity contribution in [3.63, 3.8) is 0 Å². The van der Waals surface area contributed by atoms with Gasteiger partial charge < -0.3 is 14.6 Å². The van der Waals surface area contributed by atoms with Gasteiger partial charge in [-0.1, -0.05) is 30.7 Å². The molecule has 0 aliphatic rings. The van der Waals surface area contributed by atoms with Crippen molar-refractivity contribution in [2.45, 2.75) is 6.10 Å². The first kappa shape index (κ1) is 13.8. The lowest BCUT2D eigenvalue weighted by Gasteiger charge is -2.12. The number of ether oxygens (including phenoxy) is 2. The van der Waals surface area contributed by atoms with Crippen LogP contribution in [0.15, 0.2) is 42.5 Å². The summed E-state index contributed by atoms with van der Waals surface area (Å²) in [5.74, 6) is 1.99. The molecule has 0 amide bonds. The minimum Gasteiger partial charge on any atom is -0.491 e. The molecule has 0 fully saturated rings. The molecule has 1 rings (SSSR count). The molecule has 1 unspecified atom stereocenters. The van der Waals surface area contributed by atoms with Gasteiger partial charge >= 0.3 is 5.97 Å². The van der Waals surface area contributed by atoms with Gasteiger partial charge in [0.15, 0.2) is 0 Å². The molecule has 0 saturated heterocycles. The number of benzene rings is 1. The Hall–Kier alpha value is -2.25. The van der Waals surface area contributed by atoms with E-state index in [2.05, 4.69) is 12.5 Å². The third-order valence-electron chi connectivity index (χ3n) is 2.01. The molecule has 18 heavy (non-hydrogen) atoms. The molecule has 1 aromatic rings. The third kappa shape index (κ3) is 4.73. The molecule has 1 atom stereocenters. The first-order valence-electron chi connectivity index (χ1n) is 5.32. The van der Waals surface area contributed by atoms with E-state index in [1.165, 1.54) is 0 Å². The molecule has 0 aromatic heterocycles. The zero-order valence-electron chi connectivity index (χ0n) is 9.83. The summed E-state index contributed by atoms with van der Waals surface area (Å²) in [7, 11) is 0. The third-order valence-corrected chi connectivity index (χ3v) is 2.01. The normalized spacial score (nSPS) is 11.1. The summed E-state index contributed by atoms with van der Waals surface area (Å²) in [4.78, 5) is 11.1. The lowest BCUT2D eigenvalue weighted by atomic mass is 10.3. The van der Waals surface area contributed by atoms with Crippen LogP contribution >= 0.6 is 0 Å². The Bertz CT molecular complexity index is 445. The number of terminal acetylenes is 1. The van der Waals surface area contributed by atoms with Crippen molar-refractivity contribution in [1.29, 1.82) is 0 Å². The number of aliphatic hydroxyl groups excluding tert-OH is 1. The molecule has 0 aliphatic carbocycles. The van der Waals surface area contributed by atoms with Gasteiger partial charge in [-0.05, 0) is 12.1 Å².